The molecule has 140 valence electrons. The lowest BCUT2D eigenvalue weighted by molar-refractivity contribution is -0.197. The number of imide groups is 1. The van der Waals surface area contributed by atoms with Gasteiger partial charge in [-0.05, 0) is 5.41 Å². The van der Waals surface area contributed by atoms with E-state index in [2.05, 4.69) is 25.7 Å². The third-order valence-electron chi connectivity index (χ3n) is 4.16. The average molecular weight is 353 g/mol. The van der Waals surface area contributed by atoms with Gasteiger partial charge in [0, 0.05) is 52.0 Å². The summed E-state index contributed by atoms with van der Waals surface area (Å²) >= 11 is 0. The van der Waals surface area contributed by atoms with Crippen molar-refractivity contribution in [2.45, 2.75) is 46.5 Å². The minimum Gasteiger partial charge on any atom is -0.340 e. The van der Waals surface area contributed by atoms with Crippen LogP contribution in [0.3, 0.4) is 0 Å². The lowest BCUT2D eigenvalue weighted by Gasteiger charge is -2.37. The van der Waals surface area contributed by atoms with Crippen molar-refractivity contribution in [3.05, 3.63) is 0 Å². The van der Waals surface area contributed by atoms with E-state index in [4.69, 9.17) is 4.84 Å². The lowest BCUT2D eigenvalue weighted by Crippen LogP contribution is -2.50. The molecule has 0 aliphatic carbocycles. The van der Waals surface area contributed by atoms with Gasteiger partial charge < -0.3 is 9.74 Å². The largest absolute Gasteiger partial charge is 0.340 e. The monoisotopic (exact) mass is 353 g/mol. The smallest absolute Gasteiger partial charge is 0.333 e. The molecule has 0 unspecified atom stereocenters. The van der Waals surface area contributed by atoms with Crippen molar-refractivity contribution in [2.75, 3.05) is 32.7 Å². The first kappa shape index (κ1) is 19.4. The van der Waals surface area contributed by atoms with Crippen LogP contribution in [-0.4, -0.2) is 71.3 Å². The number of piperazine rings is 1. The lowest BCUT2D eigenvalue weighted by atomic mass is 9.96. The summed E-state index contributed by atoms with van der Waals surface area (Å²) in [6, 6.07) is 0. The molecule has 0 aromatic heterocycles. The molecule has 0 aromatic carbocycles. The topological polar surface area (TPSA) is 87.2 Å². The fourth-order valence-electron chi connectivity index (χ4n) is 3.00. The number of hydrogen-bond donors (Lipinski definition) is 0. The Morgan fingerprint density at radius 3 is 2.04 bits per heavy atom. The minimum atomic E-state index is -0.733. The van der Waals surface area contributed by atoms with E-state index >= 15 is 0 Å². The first-order valence-electron chi connectivity index (χ1n) is 8.72. The van der Waals surface area contributed by atoms with Crippen molar-refractivity contribution in [2.24, 2.45) is 5.41 Å². The van der Waals surface area contributed by atoms with Gasteiger partial charge >= 0.3 is 5.97 Å². The zero-order chi connectivity index (χ0) is 18.6. The van der Waals surface area contributed by atoms with Crippen LogP contribution < -0.4 is 0 Å². The summed E-state index contributed by atoms with van der Waals surface area (Å²) in [5.74, 6) is -1.87. The van der Waals surface area contributed by atoms with Gasteiger partial charge in [0.15, 0.2) is 0 Å². The molecule has 0 bridgehead atoms. The number of carbonyl (C=O) groups excluding carboxylic acids is 4. The van der Waals surface area contributed by atoms with Gasteiger partial charge in [0.25, 0.3) is 11.8 Å². The molecule has 25 heavy (non-hydrogen) atoms. The van der Waals surface area contributed by atoms with Crippen molar-refractivity contribution in [1.82, 2.24) is 14.9 Å². The highest BCUT2D eigenvalue weighted by molar-refractivity contribution is 6.01. The Labute approximate surface area is 148 Å². The number of hydrogen-bond acceptors (Lipinski definition) is 6. The molecule has 0 radical (unpaired) electrons. The van der Waals surface area contributed by atoms with Gasteiger partial charge in [0.2, 0.25) is 5.91 Å². The molecule has 0 atom stereocenters. The van der Waals surface area contributed by atoms with Gasteiger partial charge in [0.05, 0.1) is 6.42 Å². The van der Waals surface area contributed by atoms with Crippen LogP contribution in [0.25, 0.3) is 0 Å². The van der Waals surface area contributed by atoms with Crippen LogP contribution in [0.1, 0.15) is 46.5 Å². The third-order valence-corrected chi connectivity index (χ3v) is 4.16. The van der Waals surface area contributed by atoms with Crippen LogP contribution in [-0.2, 0) is 24.0 Å². The highest BCUT2D eigenvalue weighted by Gasteiger charge is 2.33. The fraction of sp³-hybridized carbons (Fsp3) is 0.765. The van der Waals surface area contributed by atoms with E-state index < -0.39 is 17.8 Å². The summed E-state index contributed by atoms with van der Waals surface area (Å²) in [5.41, 5.74) is 0.223. The van der Waals surface area contributed by atoms with Crippen molar-refractivity contribution in [1.29, 1.82) is 0 Å². The van der Waals surface area contributed by atoms with Crippen LogP contribution >= 0.6 is 0 Å². The van der Waals surface area contributed by atoms with E-state index in [1.165, 1.54) is 0 Å². The standard InChI is InChI=1S/C17H27N3O5/c1-17(2,3)12-18-8-10-19(11-9-18)13(21)6-7-16(24)25-20-14(22)4-5-15(20)23/h4-12H2,1-3H3. The number of carbonyl (C=O) groups is 4. The molecule has 2 rings (SSSR count). The quantitative estimate of drug-likeness (QED) is 0.672. The summed E-state index contributed by atoms with van der Waals surface area (Å²) in [4.78, 5) is 55.6. The van der Waals surface area contributed by atoms with Gasteiger partial charge in [0.1, 0.15) is 0 Å². The van der Waals surface area contributed by atoms with Gasteiger partial charge in [-0.15, -0.1) is 5.06 Å². The van der Waals surface area contributed by atoms with Gasteiger partial charge in [-0.25, -0.2) is 4.79 Å². The van der Waals surface area contributed by atoms with Crippen molar-refractivity contribution < 1.29 is 24.0 Å². The molecular formula is C17H27N3O5. The molecule has 0 spiro atoms. The van der Waals surface area contributed by atoms with Crippen LogP contribution in [0.2, 0.25) is 0 Å². The van der Waals surface area contributed by atoms with Gasteiger partial charge in [-0.2, -0.15) is 0 Å². The minimum absolute atomic E-state index is 0.0221. The van der Waals surface area contributed by atoms with Gasteiger partial charge in [-0.3, -0.25) is 19.3 Å². The van der Waals surface area contributed by atoms with Crippen LogP contribution in [0.5, 0.6) is 0 Å². The molecule has 0 aromatic rings. The predicted octanol–water partition coefficient (Wildman–Crippen LogP) is 0.564. The normalized spacial score (nSPS) is 19.5. The molecule has 2 saturated heterocycles. The number of nitrogens with zero attached hydrogens (tertiary/aromatic N) is 3. The molecule has 3 amide bonds. The average Bonchev–Trinajstić information content (AvgIpc) is 2.83. The summed E-state index contributed by atoms with van der Waals surface area (Å²) in [6.07, 6.45) is 0.000197. The highest BCUT2D eigenvalue weighted by atomic mass is 16.7. The molecule has 2 aliphatic rings. The summed E-state index contributed by atoms with van der Waals surface area (Å²) < 4.78 is 0. The van der Waals surface area contributed by atoms with E-state index in [0.717, 1.165) is 19.6 Å². The number of hydroxylamine groups is 2. The molecule has 8 nitrogen and oxygen atoms in total. The maximum atomic E-state index is 12.2. The van der Waals surface area contributed by atoms with Crippen LogP contribution in [0, 0.1) is 5.41 Å². The molecule has 8 heteroatoms. The molecular weight excluding hydrogens is 326 g/mol. The Morgan fingerprint density at radius 1 is 0.960 bits per heavy atom. The Kier molecular flexibility index (Phi) is 6.16. The first-order valence-corrected chi connectivity index (χ1v) is 8.72. The molecule has 2 aliphatic heterocycles. The maximum Gasteiger partial charge on any atom is 0.333 e. The SMILES string of the molecule is CC(C)(C)CN1CCN(C(=O)CCC(=O)ON2C(=O)CCC2=O)CC1. The maximum absolute atomic E-state index is 12.2. The summed E-state index contributed by atoms with van der Waals surface area (Å²) in [6.45, 7) is 10.5. The zero-order valence-corrected chi connectivity index (χ0v) is 15.2. The first-order chi connectivity index (χ1) is 11.7. The van der Waals surface area contributed by atoms with E-state index in [9.17, 15) is 19.2 Å². The summed E-state index contributed by atoms with van der Waals surface area (Å²) in [7, 11) is 0. The van der Waals surface area contributed by atoms with Crippen molar-refractivity contribution in [3.63, 3.8) is 0 Å². The van der Waals surface area contributed by atoms with E-state index in [1.807, 2.05) is 0 Å². The molecule has 2 heterocycles. The molecule has 0 saturated carbocycles. The Bertz CT molecular complexity index is 531. The van der Waals surface area contributed by atoms with Crippen molar-refractivity contribution in [3.8, 4) is 0 Å². The van der Waals surface area contributed by atoms with Crippen LogP contribution in [0.4, 0.5) is 0 Å². The third kappa shape index (κ3) is 5.81. The zero-order valence-electron chi connectivity index (χ0n) is 15.2. The predicted molar refractivity (Wildman–Crippen MR) is 88.9 cm³/mol. The second kappa shape index (κ2) is 7.95. The Hall–Kier alpha value is -1.96. The molecule has 0 N–H and O–H groups in total. The van der Waals surface area contributed by atoms with E-state index in [1.54, 1.807) is 4.90 Å². The van der Waals surface area contributed by atoms with E-state index in [-0.39, 0.29) is 37.0 Å². The number of amides is 3. The Morgan fingerprint density at radius 2 is 1.52 bits per heavy atom. The number of rotatable bonds is 5. The second-order valence-corrected chi connectivity index (χ2v) is 7.76. The fourth-order valence-corrected chi connectivity index (χ4v) is 3.00. The summed E-state index contributed by atoms with van der Waals surface area (Å²) in [5, 5.41) is 0.512. The van der Waals surface area contributed by atoms with Gasteiger partial charge in [-0.1, -0.05) is 20.8 Å². The molecule has 2 fully saturated rings. The Balaban J connectivity index is 1.69. The van der Waals surface area contributed by atoms with Crippen LogP contribution in [0.15, 0.2) is 0 Å². The van der Waals surface area contributed by atoms with E-state index in [0.29, 0.717) is 18.2 Å². The van der Waals surface area contributed by atoms with Crippen molar-refractivity contribution >= 4 is 23.7 Å². The second-order valence-electron chi connectivity index (χ2n) is 7.76. The highest BCUT2D eigenvalue weighted by Crippen LogP contribution is 2.17.